The number of aliphatic imine (C=N–C) groups is 1. The summed E-state index contributed by atoms with van der Waals surface area (Å²) in [5.41, 5.74) is 1.43. The fraction of sp³-hybridized carbons (Fsp3) is 0.565. The van der Waals surface area contributed by atoms with Gasteiger partial charge in [-0.05, 0) is 51.1 Å². The lowest BCUT2D eigenvalue weighted by Gasteiger charge is -2.48. The molecule has 2 aliphatic rings. The van der Waals surface area contributed by atoms with E-state index in [1.807, 2.05) is 6.20 Å². The maximum atomic E-state index is 4.91. The van der Waals surface area contributed by atoms with Gasteiger partial charge < -0.3 is 10.2 Å². The molecule has 0 saturated carbocycles. The Morgan fingerprint density at radius 3 is 2.86 bits per heavy atom. The standard InChI is InChI=1S/C23H33N5S/c1-3-24-23(26-15-22-25-14-18(2)29-22)28-13-11-21-20(17-28)10-7-12-27(21)16-19-8-5-4-6-9-19/h4-6,8-9,14,20-21H,3,7,10-13,15-17H2,1-2H3,(H,24,26). The minimum atomic E-state index is 0.672. The van der Waals surface area contributed by atoms with Crippen LogP contribution < -0.4 is 5.32 Å². The summed E-state index contributed by atoms with van der Waals surface area (Å²) in [6.45, 7) is 10.3. The van der Waals surface area contributed by atoms with Gasteiger partial charge in [0.1, 0.15) is 5.01 Å². The summed E-state index contributed by atoms with van der Waals surface area (Å²) in [5.74, 6) is 1.78. The number of benzene rings is 1. The Labute approximate surface area is 178 Å². The summed E-state index contributed by atoms with van der Waals surface area (Å²) in [5, 5.41) is 4.61. The molecule has 2 atom stereocenters. The van der Waals surface area contributed by atoms with Gasteiger partial charge in [-0.15, -0.1) is 11.3 Å². The van der Waals surface area contributed by atoms with Crippen molar-refractivity contribution < 1.29 is 0 Å². The monoisotopic (exact) mass is 411 g/mol. The molecule has 1 N–H and O–H groups in total. The number of nitrogens with one attached hydrogen (secondary N) is 1. The molecular formula is C23H33N5S. The number of rotatable bonds is 5. The first-order valence-corrected chi connectivity index (χ1v) is 11.8. The highest BCUT2D eigenvalue weighted by molar-refractivity contribution is 7.11. The van der Waals surface area contributed by atoms with Gasteiger partial charge in [0.15, 0.2) is 5.96 Å². The molecule has 0 amide bonds. The maximum Gasteiger partial charge on any atom is 0.194 e. The quantitative estimate of drug-likeness (QED) is 0.599. The zero-order chi connectivity index (χ0) is 20.1. The topological polar surface area (TPSA) is 43.8 Å². The highest BCUT2D eigenvalue weighted by Gasteiger charge is 2.36. The molecule has 2 aromatic rings. The zero-order valence-corrected chi connectivity index (χ0v) is 18.5. The van der Waals surface area contributed by atoms with Crippen LogP contribution in [-0.4, -0.2) is 53.0 Å². The van der Waals surface area contributed by atoms with E-state index in [0.29, 0.717) is 12.6 Å². The van der Waals surface area contributed by atoms with Gasteiger partial charge in [0.25, 0.3) is 0 Å². The van der Waals surface area contributed by atoms with E-state index in [1.165, 1.54) is 36.2 Å². The second-order valence-electron chi connectivity index (χ2n) is 8.20. The molecule has 2 unspecified atom stereocenters. The van der Waals surface area contributed by atoms with Crippen LogP contribution in [-0.2, 0) is 13.1 Å². The number of nitrogens with zero attached hydrogens (tertiary/aromatic N) is 4. The lowest BCUT2D eigenvalue weighted by Crippen LogP contribution is -2.56. The third-order valence-electron chi connectivity index (χ3n) is 6.08. The van der Waals surface area contributed by atoms with E-state index in [1.54, 1.807) is 11.3 Å². The van der Waals surface area contributed by atoms with Gasteiger partial charge in [-0.3, -0.25) is 4.90 Å². The minimum Gasteiger partial charge on any atom is -0.357 e. The van der Waals surface area contributed by atoms with Crippen LogP contribution in [0.3, 0.4) is 0 Å². The van der Waals surface area contributed by atoms with Gasteiger partial charge in [0.05, 0.1) is 6.54 Å². The smallest absolute Gasteiger partial charge is 0.194 e. The Balaban J connectivity index is 1.40. The summed E-state index contributed by atoms with van der Waals surface area (Å²) in [7, 11) is 0. The van der Waals surface area contributed by atoms with Crippen molar-refractivity contribution in [1.29, 1.82) is 0 Å². The van der Waals surface area contributed by atoms with Gasteiger partial charge in [0, 0.05) is 43.3 Å². The van der Waals surface area contributed by atoms with E-state index >= 15 is 0 Å². The van der Waals surface area contributed by atoms with Crippen LogP contribution in [0.5, 0.6) is 0 Å². The van der Waals surface area contributed by atoms with Crippen molar-refractivity contribution in [1.82, 2.24) is 20.1 Å². The molecule has 0 radical (unpaired) electrons. The molecule has 3 heterocycles. The fourth-order valence-corrected chi connectivity index (χ4v) is 5.47. The molecule has 4 rings (SSSR count). The van der Waals surface area contributed by atoms with E-state index in [4.69, 9.17) is 4.99 Å². The fourth-order valence-electron chi connectivity index (χ4n) is 4.76. The molecule has 29 heavy (non-hydrogen) atoms. The van der Waals surface area contributed by atoms with Crippen LogP contribution in [0.4, 0.5) is 0 Å². The summed E-state index contributed by atoms with van der Waals surface area (Å²) < 4.78 is 0. The third-order valence-corrected chi connectivity index (χ3v) is 6.98. The molecule has 6 heteroatoms. The van der Waals surface area contributed by atoms with E-state index in [9.17, 15) is 0 Å². The van der Waals surface area contributed by atoms with Crippen molar-refractivity contribution >= 4 is 17.3 Å². The largest absolute Gasteiger partial charge is 0.357 e. The van der Waals surface area contributed by atoms with E-state index in [-0.39, 0.29) is 0 Å². The van der Waals surface area contributed by atoms with Gasteiger partial charge in [-0.25, -0.2) is 9.98 Å². The molecule has 2 fully saturated rings. The molecule has 0 aliphatic carbocycles. The zero-order valence-electron chi connectivity index (χ0n) is 17.7. The Morgan fingerprint density at radius 2 is 2.10 bits per heavy atom. The summed E-state index contributed by atoms with van der Waals surface area (Å²) in [6, 6.07) is 11.6. The first-order chi connectivity index (χ1) is 14.2. The predicted octanol–water partition coefficient (Wildman–Crippen LogP) is 3.90. The lowest BCUT2D eigenvalue weighted by atomic mass is 9.83. The Kier molecular flexibility index (Phi) is 6.82. The molecule has 1 aromatic heterocycles. The summed E-state index contributed by atoms with van der Waals surface area (Å²) in [4.78, 5) is 15.8. The molecular weight excluding hydrogens is 378 g/mol. The van der Waals surface area contributed by atoms with Crippen molar-refractivity contribution in [3.63, 3.8) is 0 Å². The first-order valence-electron chi connectivity index (χ1n) is 11.0. The van der Waals surface area contributed by atoms with E-state index in [2.05, 4.69) is 64.3 Å². The number of aromatic nitrogens is 1. The number of likely N-dealkylation sites (tertiary alicyclic amines) is 2. The predicted molar refractivity (Wildman–Crippen MR) is 121 cm³/mol. The normalized spacial score (nSPS) is 23.1. The molecule has 2 aliphatic heterocycles. The Hall–Kier alpha value is -1.92. The molecule has 5 nitrogen and oxygen atoms in total. The molecule has 156 valence electrons. The van der Waals surface area contributed by atoms with Crippen molar-refractivity contribution in [2.24, 2.45) is 10.9 Å². The molecule has 0 spiro atoms. The number of piperidine rings is 2. The van der Waals surface area contributed by atoms with Crippen LogP contribution in [0.25, 0.3) is 0 Å². The van der Waals surface area contributed by atoms with Gasteiger partial charge in [0.2, 0.25) is 0 Å². The van der Waals surface area contributed by atoms with Crippen molar-refractivity contribution in [3.8, 4) is 0 Å². The highest BCUT2D eigenvalue weighted by Crippen LogP contribution is 2.31. The summed E-state index contributed by atoms with van der Waals surface area (Å²) in [6.07, 6.45) is 5.79. The number of fused-ring (bicyclic) bond motifs is 1. The van der Waals surface area contributed by atoms with Crippen molar-refractivity contribution in [2.75, 3.05) is 26.2 Å². The first kappa shape index (κ1) is 20.4. The SMILES string of the molecule is CCNC(=NCc1ncc(C)s1)N1CCC2C(CCCN2Cc2ccccc2)C1. The van der Waals surface area contributed by atoms with Gasteiger partial charge in [-0.2, -0.15) is 0 Å². The number of hydrogen-bond acceptors (Lipinski definition) is 4. The molecule has 2 saturated heterocycles. The Bertz CT molecular complexity index is 803. The molecule has 1 aromatic carbocycles. The minimum absolute atomic E-state index is 0.672. The lowest BCUT2D eigenvalue weighted by molar-refractivity contribution is 0.0372. The van der Waals surface area contributed by atoms with Crippen LogP contribution in [0.15, 0.2) is 41.5 Å². The average molecular weight is 412 g/mol. The van der Waals surface area contributed by atoms with Gasteiger partial charge >= 0.3 is 0 Å². The van der Waals surface area contributed by atoms with E-state index < -0.39 is 0 Å². The van der Waals surface area contributed by atoms with Crippen LogP contribution >= 0.6 is 11.3 Å². The van der Waals surface area contributed by atoms with Crippen molar-refractivity contribution in [3.05, 3.63) is 52.0 Å². The second kappa shape index (κ2) is 9.72. The number of hydrogen-bond donors (Lipinski definition) is 1. The third kappa shape index (κ3) is 5.17. The average Bonchev–Trinajstić information content (AvgIpc) is 3.17. The van der Waals surface area contributed by atoms with E-state index in [0.717, 1.165) is 43.1 Å². The number of guanidine groups is 1. The summed E-state index contributed by atoms with van der Waals surface area (Å²) >= 11 is 1.74. The highest BCUT2D eigenvalue weighted by atomic mass is 32.1. The number of thiazole rings is 1. The molecule has 0 bridgehead atoms. The maximum absolute atomic E-state index is 4.91. The van der Waals surface area contributed by atoms with Crippen LogP contribution in [0.2, 0.25) is 0 Å². The Morgan fingerprint density at radius 1 is 1.24 bits per heavy atom. The van der Waals surface area contributed by atoms with Crippen LogP contribution in [0.1, 0.15) is 41.6 Å². The van der Waals surface area contributed by atoms with Crippen LogP contribution in [0, 0.1) is 12.8 Å². The van der Waals surface area contributed by atoms with Crippen molar-refractivity contribution in [2.45, 2.75) is 52.2 Å². The number of aryl methyl sites for hydroxylation is 1. The second-order valence-corrected chi connectivity index (χ2v) is 9.51. The van der Waals surface area contributed by atoms with Gasteiger partial charge in [-0.1, -0.05) is 30.3 Å².